The van der Waals surface area contributed by atoms with E-state index in [1.54, 1.807) is 15.8 Å². The van der Waals surface area contributed by atoms with Crippen LogP contribution in [0, 0.1) is 0 Å². The molecule has 0 aliphatic heterocycles. The van der Waals surface area contributed by atoms with E-state index in [1.807, 2.05) is 43.5 Å². The summed E-state index contributed by atoms with van der Waals surface area (Å²) in [7, 11) is 0. The van der Waals surface area contributed by atoms with Gasteiger partial charge in [-0.1, -0.05) is 6.92 Å². The van der Waals surface area contributed by atoms with Gasteiger partial charge in [-0.05, 0) is 36.8 Å². The molecule has 0 spiro atoms. The number of carbonyl (C=O) groups is 1. The summed E-state index contributed by atoms with van der Waals surface area (Å²) in [4.78, 5) is 13.7. The van der Waals surface area contributed by atoms with E-state index in [4.69, 9.17) is 5.11 Å². The van der Waals surface area contributed by atoms with Crippen LogP contribution in [0.15, 0.2) is 42.7 Å². The molecule has 0 saturated heterocycles. The maximum atomic E-state index is 12.1. The molecule has 6 nitrogen and oxygen atoms in total. The van der Waals surface area contributed by atoms with E-state index in [9.17, 15) is 4.79 Å². The lowest BCUT2D eigenvalue weighted by molar-refractivity contribution is 0.188. The van der Waals surface area contributed by atoms with Crippen LogP contribution in [0.25, 0.3) is 5.69 Å². The molecule has 1 heterocycles. The van der Waals surface area contributed by atoms with Gasteiger partial charge in [-0.25, -0.2) is 9.48 Å². The van der Waals surface area contributed by atoms with Crippen molar-refractivity contribution < 1.29 is 9.90 Å². The Bertz CT molecular complexity index is 546. The van der Waals surface area contributed by atoms with Crippen molar-refractivity contribution in [2.75, 3.05) is 25.0 Å². The normalized spacial score (nSPS) is 10.4. The molecule has 2 N–H and O–H groups in total. The molecule has 1 aromatic heterocycles. The smallest absolute Gasteiger partial charge is 0.321 e. The number of aromatic nitrogens is 2. The maximum absolute atomic E-state index is 12.1. The lowest BCUT2D eigenvalue weighted by Crippen LogP contribution is -2.37. The van der Waals surface area contributed by atoms with Crippen molar-refractivity contribution in [2.24, 2.45) is 0 Å². The van der Waals surface area contributed by atoms with Crippen molar-refractivity contribution in [3.8, 4) is 5.69 Å². The van der Waals surface area contributed by atoms with Gasteiger partial charge in [0.2, 0.25) is 0 Å². The van der Waals surface area contributed by atoms with Crippen molar-refractivity contribution in [1.29, 1.82) is 0 Å². The second-order valence-electron chi connectivity index (χ2n) is 4.64. The fourth-order valence-corrected chi connectivity index (χ4v) is 2.03. The summed E-state index contributed by atoms with van der Waals surface area (Å²) in [5.41, 5.74) is 1.65. The van der Waals surface area contributed by atoms with Crippen LogP contribution in [-0.2, 0) is 0 Å². The Morgan fingerprint density at radius 3 is 2.67 bits per heavy atom. The van der Waals surface area contributed by atoms with Crippen LogP contribution in [0.1, 0.15) is 13.3 Å². The number of benzene rings is 1. The van der Waals surface area contributed by atoms with E-state index in [1.165, 1.54) is 0 Å². The molecule has 0 unspecified atom stereocenters. The van der Waals surface area contributed by atoms with E-state index in [-0.39, 0.29) is 12.6 Å². The Morgan fingerprint density at radius 1 is 1.33 bits per heavy atom. The van der Waals surface area contributed by atoms with Gasteiger partial charge in [-0.3, -0.25) is 0 Å². The lowest BCUT2D eigenvalue weighted by Gasteiger charge is -2.21. The molecule has 0 atom stereocenters. The standard InChI is InChI=1S/C15H20N4O2/c1-2-9-18(11-12-20)15(21)17-13-4-6-14(7-5-13)19-10-3-8-16-19/h3-8,10,20H,2,9,11-12H2,1H3,(H,17,21). The monoisotopic (exact) mass is 288 g/mol. The van der Waals surface area contributed by atoms with Crippen LogP contribution in [0.2, 0.25) is 0 Å². The Kier molecular flexibility index (Phi) is 5.34. The predicted molar refractivity (Wildman–Crippen MR) is 81.5 cm³/mol. The molecule has 112 valence electrons. The highest BCUT2D eigenvalue weighted by Crippen LogP contribution is 2.13. The number of hydrogen-bond donors (Lipinski definition) is 2. The third-order valence-corrected chi connectivity index (χ3v) is 3.04. The van der Waals surface area contributed by atoms with Crippen LogP contribution in [0.3, 0.4) is 0 Å². The lowest BCUT2D eigenvalue weighted by atomic mass is 10.3. The van der Waals surface area contributed by atoms with E-state index >= 15 is 0 Å². The van der Waals surface area contributed by atoms with E-state index in [0.717, 1.165) is 17.8 Å². The fourth-order valence-electron chi connectivity index (χ4n) is 2.03. The highest BCUT2D eigenvalue weighted by molar-refractivity contribution is 5.89. The average Bonchev–Trinajstić information content (AvgIpc) is 3.02. The third-order valence-electron chi connectivity index (χ3n) is 3.04. The maximum Gasteiger partial charge on any atom is 0.321 e. The number of aliphatic hydroxyl groups excluding tert-OH is 1. The second-order valence-corrected chi connectivity index (χ2v) is 4.64. The molecule has 0 radical (unpaired) electrons. The summed E-state index contributed by atoms with van der Waals surface area (Å²) in [5.74, 6) is 0. The first kappa shape index (κ1) is 15.1. The SMILES string of the molecule is CCCN(CCO)C(=O)Nc1ccc(-n2cccn2)cc1. The number of urea groups is 1. The zero-order chi connectivity index (χ0) is 15.1. The zero-order valence-corrected chi connectivity index (χ0v) is 12.1. The van der Waals surface area contributed by atoms with Crippen molar-refractivity contribution in [3.05, 3.63) is 42.7 Å². The molecular formula is C15H20N4O2. The minimum Gasteiger partial charge on any atom is -0.395 e. The van der Waals surface area contributed by atoms with Crippen LogP contribution in [0.5, 0.6) is 0 Å². The van der Waals surface area contributed by atoms with Crippen molar-refractivity contribution >= 4 is 11.7 Å². The summed E-state index contributed by atoms with van der Waals surface area (Å²) in [5, 5.41) is 16.0. The molecule has 0 fully saturated rings. The topological polar surface area (TPSA) is 70.4 Å². The Morgan fingerprint density at radius 2 is 2.10 bits per heavy atom. The number of rotatable bonds is 6. The van der Waals surface area contributed by atoms with Crippen LogP contribution >= 0.6 is 0 Å². The number of nitrogens with one attached hydrogen (secondary N) is 1. The Hall–Kier alpha value is -2.34. The molecule has 2 aromatic rings. The van der Waals surface area contributed by atoms with Crippen molar-refractivity contribution in [3.63, 3.8) is 0 Å². The number of carbonyl (C=O) groups excluding carboxylic acids is 1. The van der Waals surface area contributed by atoms with Gasteiger partial charge in [0.15, 0.2) is 0 Å². The Labute approximate surface area is 124 Å². The van der Waals surface area contributed by atoms with Gasteiger partial charge in [0.1, 0.15) is 0 Å². The summed E-state index contributed by atoms with van der Waals surface area (Å²) >= 11 is 0. The number of amides is 2. The van der Waals surface area contributed by atoms with E-state index in [0.29, 0.717) is 13.1 Å². The summed E-state index contributed by atoms with van der Waals surface area (Å²) in [6, 6.07) is 9.10. The highest BCUT2D eigenvalue weighted by atomic mass is 16.3. The van der Waals surface area contributed by atoms with E-state index < -0.39 is 0 Å². The van der Waals surface area contributed by atoms with Crippen LogP contribution < -0.4 is 5.32 Å². The third kappa shape index (κ3) is 4.06. The molecule has 1 aromatic carbocycles. The minimum absolute atomic E-state index is 0.0361. The molecule has 0 aliphatic rings. The molecule has 21 heavy (non-hydrogen) atoms. The molecular weight excluding hydrogens is 268 g/mol. The predicted octanol–water partition coefficient (Wildman–Crippen LogP) is 2.11. The van der Waals surface area contributed by atoms with Gasteiger partial charge in [0.05, 0.1) is 12.3 Å². The Balaban J connectivity index is 2.00. The second kappa shape index (κ2) is 7.44. The molecule has 0 bridgehead atoms. The van der Waals surface area contributed by atoms with Gasteiger partial charge in [0, 0.05) is 31.2 Å². The summed E-state index contributed by atoms with van der Waals surface area (Å²) < 4.78 is 1.75. The van der Waals surface area contributed by atoms with Gasteiger partial charge in [-0.15, -0.1) is 0 Å². The number of anilines is 1. The molecule has 0 saturated carbocycles. The number of hydrogen-bond acceptors (Lipinski definition) is 3. The number of nitrogens with zero attached hydrogens (tertiary/aromatic N) is 3. The van der Waals surface area contributed by atoms with Gasteiger partial charge < -0.3 is 15.3 Å². The highest BCUT2D eigenvalue weighted by Gasteiger charge is 2.11. The first-order chi connectivity index (χ1) is 10.2. The largest absolute Gasteiger partial charge is 0.395 e. The molecule has 2 rings (SSSR count). The quantitative estimate of drug-likeness (QED) is 0.855. The molecule has 6 heteroatoms. The summed E-state index contributed by atoms with van der Waals surface area (Å²) in [6.07, 6.45) is 4.43. The van der Waals surface area contributed by atoms with Gasteiger partial charge in [-0.2, -0.15) is 5.10 Å². The summed E-state index contributed by atoms with van der Waals surface area (Å²) in [6.45, 7) is 2.92. The van der Waals surface area contributed by atoms with Gasteiger partial charge in [0.25, 0.3) is 0 Å². The first-order valence-corrected chi connectivity index (χ1v) is 7.01. The number of aliphatic hydroxyl groups is 1. The van der Waals surface area contributed by atoms with Gasteiger partial charge >= 0.3 is 6.03 Å². The van der Waals surface area contributed by atoms with Crippen molar-refractivity contribution in [1.82, 2.24) is 14.7 Å². The van der Waals surface area contributed by atoms with Crippen LogP contribution in [0.4, 0.5) is 10.5 Å². The first-order valence-electron chi connectivity index (χ1n) is 7.01. The van der Waals surface area contributed by atoms with Crippen molar-refractivity contribution in [2.45, 2.75) is 13.3 Å². The fraction of sp³-hybridized carbons (Fsp3) is 0.333. The van der Waals surface area contributed by atoms with Crippen LogP contribution in [-0.4, -0.2) is 45.5 Å². The van der Waals surface area contributed by atoms with E-state index in [2.05, 4.69) is 10.4 Å². The molecule has 0 aliphatic carbocycles. The average molecular weight is 288 g/mol. The minimum atomic E-state index is -0.197. The zero-order valence-electron chi connectivity index (χ0n) is 12.1. The molecule has 2 amide bonds.